The van der Waals surface area contributed by atoms with Crippen LogP contribution >= 0.6 is 0 Å². The summed E-state index contributed by atoms with van der Waals surface area (Å²) in [6, 6.07) is 35.4. The highest BCUT2D eigenvalue weighted by molar-refractivity contribution is 6.99. The van der Waals surface area contributed by atoms with Crippen molar-refractivity contribution in [2.24, 2.45) is 5.41 Å². The molecule has 6 heteroatoms. The minimum absolute atomic E-state index is 0.129. The third-order valence-corrected chi connectivity index (χ3v) is 13.6. The molecular weight excluding hydrogens is 547 g/mol. The van der Waals surface area contributed by atoms with Gasteiger partial charge in [0.15, 0.2) is 5.78 Å². The van der Waals surface area contributed by atoms with E-state index in [0.717, 1.165) is 33.9 Å². The van der Waals surface area contributed by atoms with Gasteiger partial charge in [0.2, 0.25) is 0 Å². The number of aromatic amines is 1. The Balaban J connectivity index is 1.39. The fraction of sp³-hybridized carbons (Fsp3) is 0.243. The van der Waals surface area contributed by atoms with Crippen molar-refractivity contribution >= 4 is 35.8 Å². The van der Waals surface area contributed by atoms with Gasteiger partial charge in [-0.3, -0.25) is 9.78 Å². The number of fused-ring (bicyclic) bond motifs is 1. The van der Waals surface area contributed by atoms with E-state index in [1.165, 1.54) is 10.4 Å². The van der Waals surface area contributed by atoms with Crippen molar-refractivity contribution in [1.29, 1.82) is 0 Å². The number of nitrogens with zero attached hydrogens (tertiary/aromatic N) is 1. The van der Waals surface area contributed by atoms with Gasteiger partial charge in [-0.05, 0) is 46.1 Å². The van der Waals surface area contributed by atoms with Gasteiger partial charge in [0.1, 0.15) is 0 Å². The molecule has 0 radical (unpaired) electrons. The molecule has 2 aromatic heterocycles. The molecule has 1 atom stereocenters. The van der Waals surface area contributed by atoms with Crippen LogP contribution in [0.1, 0.15) is 50.2 Å². The molecule has 5 aromatic rings. The molecule has 0 amide bonds. The molecule has 1 unspecified atom stereocenters. The maximum Gasteiger partial charge on any atom is 0.261 e. The smallest absolute Gasteiger partial charge is 0.261 e. The predicted molar refractivity (Wildman–Crippen MR) is 178 cm³/mol. The van der Waals surface area contributed by atoms with Crippen LogP contribution in [0.15, 0.2) is 116 Å². The van der Waals surface area contributed by atoms with Gasteiger partial charge in [0, 0.05) is 47.8 Å². The molecule has 218 valence electrons. The number of hydrogen-bond donors (Lipinski definition) is 2. The number of benzene rings is 3. The van der Waals surface area contributed by atoms with Crippen LogP contribution in [0.25, 0.3) is 11.3 Å². The number of ketones is 1. The highest BCUT2D eigenvalue weighted by Gasteiger charge is 2.51. The first-order valence-corrected chi connectivity index (χ1v) is 16.9. The lowest BCUT2D eigenvalue weighted by Gasteiger charge is -2.45. The van der Waals surface area contributed by atoms with E-state index < -0.39 is 8.32 Å². The summed E-state index contributed by atoms with van der Waals surface area (Å²) in [6.07, 6.45) is 4.69. The van der Waals surface area contributed by atoms with E-state index in [2.05, 4.69) is 104 Å². The average molecular weight is 586 g/mol. The molecule has 0 bridgehead atoms. The van der Waals surface area contributed by atoms with Crippen LogP contribution < -0.4 is 15.7 Å². The summed E-state index contributed by atoms with van der Waals surface area (Å²) < 4.78 is 7.34. The Morgan fingerprint density at radius 1 is 0.837 bits per heavy atom. The molecule has 0 fully saturated rings. The molecule has 6 rings (SSSR count). The molecule has 5 nitrogen and oxygen atoms in total. The summed E-state index contributed by atoms with van der Waals surface area (Å²) in [7, 11) is -2.74. The Labute approximate surface area is 255 Å². The molecule has 0 aliphatic heterocycles. The maximum atomic E-state index is 14.1. The summed E-state index contributed by atoms with van der Waals surface area (Å²) in [5.74, 6) is 0.129. The van der Waals surface area contributed by atoms with E-state index >= 15 is 0 Å². The Morgan fingerprint density at radius 3 is 1.95 bits per heavy atom. The van der Waals surface area contributed by atoms with Crippen LogP contribution in [0, 0.1) is 5.41 Å². The number of aromatic nitrogens is 2. The molecular formula is C37H39N3O2Si. The minimum Gasteiger partial charge on any atom is -0.407 e. The number of carbonyl (C=O) groups is 1. The number of H-pyrrole nitrogens is 1. The zero-order chi connectivity index (χ0) is 30.1. The van der Waals surface area contributed by atoms with Gasteiger partial charge < -0.3 is 14.7 Å². The second kappa shape index (κ2) is 11.4. The monoisotopic (exact) mass is 585 g/mol. The topological polar surface area (TPSA) is 67.0 Å². The van der Waals surface area contributed by atoms with Crippen molar-refractivity contribution in [2.45, 2.75) is 45.6 Å². The Bertz CT molecular complexity index is 1660. The third kappa shape index (κ3) is 5.49. The number of nitrogens with one attached hydrogen (secondary N) is 2. The number of para-hydroxylation sites is 1. The van der Waals surface area contributed by atoms with E-state index in [-0.39, 0.29) is 16.2 Å². The predicted octanol–water partition coefficient (Wildman–Crippen LogP) is 7.53. The zero-order valence-electron chi connectivity index (χ0n) is 25.4. The van der Waals surface area contributed by atoms with Crippen LogP contribution in [-0.4, -0.2) is 30.7 Å². The Hall–Kier alpha value is -4.26. The first kappa shape index (κ1) is 28.8. The van der Waals surface area contributed by atoms with Gasteiger partial charge in [-0.1, -0.05) is 107 Å². The maximum absolute atomic E-state index is 14.1. The van der Waals surface area contributed by atoms with Crippen molar-refractivity contribution in [3.63, 3.8) is 0 Å². The largest absolute Gasteiger partial charge is 0.407 e. The summed E-state index contributed by atoms with van der Waals surface area (Å²) >= 11 is 0. The van der Waals surface area contributed by atoms with Crippen molar-refractivity contribution in [3.05, 3.63) is 127 Å². The molecule has 1 aliphatic carbocycles. The first-order chi connectivity index (χ1) is 20.7. The average Bonchev–Trinajstić information content (AvgIpc) is 3.36. The normalized spacial score (nSPS) is 17.0. The Kier molecular flexibility index (Phi) is 7.67. The SMILES string of the molecule is CC1(CO[Si](c2ccccc2)(c2ccccc2)C(C)(C)C)CC(=O)c2c([nH]c(-c3ccncc3)c2Nc2ccccc2)C1. The van der Waals surface area contributed by atoms with Crippen LogP contribution in [0.2, 0.25) is 5.04 Å². The fourth-order valence-corrected chi connectivity index (χ4v) is 11.3. The number of anilines is 2. The summed E-state index contributed by atoms with van der Waals surface area (Å²) in [5, 5.41) is 5.91. The lowest BCUT2D eigenvalue weighted by molar-refractivity contribution is 0.0807. The highest BCUT2D eigenvalue weighted by Crippen LogP contribution is 2.45. The van der Waals surface area contributed by atoms with Gasteiger partial charge in [-0.15, -0.1) is 0 Å². The van der Waals surface area contributed by atoms with E-state index in [0.29, 0.717) is 19.4 Å². The number of rotatable bonds is 8. The van der Waals surface area contributed by atoms with Gasteiger partial charge in [-0.2, -0.15) is 0 Å². The van der Waals surface area contributed by atoms with E-state index in [9.17, 15) is 4.79 Å². The first-order valence-electron chi connectivity index (χ1n) is 15.0. The molecule has 3 aromatic carbocycles. The summed E-state index contributed by atoms with van der Waals surface area (Å²) in [4.78, 5) is 22.0. The van der Waals surface area contributed by atoms with Crippen LogP contribution in [-0.2, 0) is 10.8 Å². The summed E-state index contributed by atoms with van der Waals surface area (Å²) in [6.45, 7) is 9.55. The fourth-order valence-electron chi connectivity index (χ4n) is 6.63. The van der Waals surface area contributed by atoms with Crippen LogP contribution in [0.4, 0.5) is 11.4 Å². The molecule has 1 aliphatic rings. The van der Waals surface area contributed by atoms with Crippen molar-refractivity contribution < 1.29 is 9.22 Å². The lowest BCUT2D eigenvalue weighted by Crippen LogP contribution is -2.67. The van der Waals surface area contributed by atoms with E-state index in [1.54, 1.807) is 12.4 Å². The minimum atomic E-state index is -2.74. The number of pyridine rings is 1. The molecule has 43 heavy (non-hydrogen) atoms. The van der Waals surface area contributed by atoms with Crippen molar-refractivity contribution in [1.82, 2.24) is 9.97 Å². The van der Waals surface area contributed by atoms with Crippen LogP contribution in [0.5, 0.6) is 0 Å². The number of carbonyl (C=O) groups excluding carboxylic acids is 1. The molecule has 0 saturated carbocycles. The standard InChI is InChI=1S/C37H39N3O2Si/c1-36(2,3)43(29-16-10-6-11-17-29,30-18-12-7-13-19-30)42-26-37(4)24-31-33(32(41)25-37)35(39-28-14-8-5-9-15-28)34(40-31)27-20-22-38-23-21-27/h5-23,39-40H,24-26H2,1-4H3. The second-order valence-electron chi connectivity index (χ2n) is 13.0. The lowest BCUT2D eigenvalue weighted by atomic mass is 9.75. The van der Waals surface area contributed by atoms with Gasteiger partial charge in [0.25, 0.3) is 8.32 Å². The summed E-state index contributed by atoms with van der Waals surface area (Å²) in [5.41, 5.74) is 4.99. The van der Waals surface area contributed by atoms with Crippen LogP contribution in [0.3, 0.4) is 0 Å². The Morgan fingerprint density at radius 2 is 1.40 bits per heavy atom. The zero-order valence-corrected chi connectivity index (χ0v) is 26.4. The van der Waals surface area contributed by atoms with Crippen molar-refractivity contribution in [2.75, 3.05) is 11.9 Å². The van der Waals surface area contributed by atoms with Gasteiger partial charge in [-0.25, -0.2) is 0 Å². The van der Waals surface area contributed by atoms with E-state index in [4.69, 9.17) is 4.43 Å². The molecule has 2 heterocycles. The van der Waals surface area contributed by atoms with Gasteiger partial charge >= 0.3 is 0 Å². The third-order valence-electron chi connectivity index (χ3n) is 8.61. The molecule has 0 spiro atoms. The molecule has 0 saturated heterocycles. The second-order valence-corrected chi connectivity index (χ2v) is 17.3. The van der Waals surface area contributed by atoms with E-state index in [1.807, 2.05) is 42.5 Å². The number of hydrogen-bond acceptors (Lipinski definition) is 4. The van der Waals surface area contributed by atoms with Gasteiger partial charge in [0.05, 0.1) is 16.9 Å². The van der Waals surface area contributed by atoms with Crippen molar-refractivity contribution in [3.8, 4) is 11.3 Å². The quantitative estimate of drug-likeness (QED) is 0.185. The number of Topliss-reactive ketones (excluding diaryl/α,β-unsaturated/α-hetero) is 1. The molecule has 2 N–H and O–H groups in total. The highest BCUT2D eigenvalue weighted by atomic mass is 28.4.